The fraction of sp³-hybridized carbons (Fsp3) is 0.154. The van der Waals surface area contributed by atoms with Crippen LogP contribution in [-0.2, 0) is 6.54 Å². The van der Waals surface area contributed by atoms with E-state index < -0.39 is 0 Å². The summed E-state index contributed by atoms with van der Waals surface area (Å²) >= 11 is 5.16. The summed E-state index contributed by atoms with van der Waals surface area (Å²) in [5.74, 6) is 0. The Balaban J connectivity index is 2.19. The maximum atomic E-state index is 8.81. The van der Waals surface area contributed by atoms with E-state index in [4.69, 9.17) is 11.0 Å². The number of nitrogens with two attached hydrogens (primary N) is 1. The fourth-order valence-corrected chi connectivity index (χ4v) is 3.26. The Morgan fingerprint density at radius 1 is 1.39 bits per heavy atom. The van der Waals surface area contributed by atoms with Crippen molar-refractivity contribution in [1.82, 2.24) is 0 Å². The summed E-state index contributed by atoms with van der Waals surface area (Å²) in [6.07, 6.45) is 0. The van der Waals surface area contributed by atoms with Gasteiger partial charge in [0.2, 0.25) is 0 Å². The zero-order valence-electron chi connectivity index (χ0n) is 9.85. The molecule has 2 aromatic rings. The highest BCUT2D eigenvalue weighted by atomic mass is 79.9. The molecule has 0 aliphatic rings. The van der Waals surface area contributed by atoms with Gasteiger partial charge in [0.25, 0.3) is 0 Å². The molecule has 18 heavy (non-hydrogen) atoms. The largest absolute Gasteiger partial charge is 0.397 e. The topological polar surface area (TPSA) is 53.0 Å². The van der Waals surface area contributed by atoms with Crippen LogP contribution < -0.4 is 10.6 Å². The van der Waals surface area contributed by atoms with E-state index >= 15 is 0 Å². The molecule has 0 atom stereocenters. The second-order valence-corrected chi connectivity index (χ2v) is 6.49. The zero-order valence-corrected chi connectivity index (χ0v) is 12.3. The van der Waals surface area contributed by atoms with Crippen molar-refractivity contribution in [3.63, 3.8) is 0 Å². The summed E-state index contributed by atoms with van der Waals surface area (Å²) in [6.45, 7) is 0.798. The summed E-state index contributed by atoms with van der Waals surface area (Å²) in [5.41, 5.74) is 8.12. The van der Waals surface area contributed by atoms with Crippen molar-refractivity contribution >= 4 is 38.6 Å². The standard InChI is InChI=1S/C13H12BrN3S/c1-17(8-10-3-5-13(14)18-10)12-4-2-9(7-15)6-11(12)16/h2-6H,8,16H2,1H3. The molecule has 0 aliphatic carbocycles. The summed E-state index contributed by atoms with van der Waals surface area (Å²) in [6, 6.07) is 11.6. The van der Waals surface area contributed by atoms with Crippen molar-refractivity contribution in [3.8, 4) is 6.07 Å². The number of hydrogen-bond donors (Lipinski definition) is 1. The summed E-state index contributed by atoms with van der Waals surface area (Å²) in [4.78, 5) is 3.34. The van der Waals surface area contributed by atoms with Gasteiger partial charge >= 0.3 is 0 Å². The number of halogens is 1. The van der Waals surface area contributed by atoms with E-state index in [0.29, 0.717) is 11.3 Å². The van der Waals surface area contributed by atoms with Crippen LogP contribution in [0.25, 0.3) is 0 Å². The second-order valence-electron chi connectivity index (χ2n) is 3.95. The highest BCUT2D eigenvalue weighted by Crippen LogP contribution is 2.28. The zero-order chi connectivity index (χ0) is 13.1. The number of hydrogen-bond acceptors (Lipinski definition) is 4. The van der Waals surface area contributed by atoms with Crippen LogP contribution in [0.5, 0.6) is 0 Å². The molecule has 0 amide bonds. The molecule has 0 radical (unpaired) electrons. The Morgan fingerprint density at radius 3 is 2.72 bits per heavy atom. The summed E-state index contributed by atoms with van der Waals surface area (Å²) in [5, 5.41) is 8.81. The first kappa shape index (κ1) is 12.9. The molecule has 1 heterocycles. The Morgan fingerprint density at radius 2 is 2.17 bits per heavy atom. The van der Waals surface area contributed by atoms with Crippen molar-refractivity contribution in [2.45, 2.75) is 6.54 Å². The van der Waals surface area contributed by atoms with E-state index in [1.165, 1.54) is 4.88 Å². The molecule has 2 N–H and O–H groups in total. The molecule has 0 fully saturated rings. The molecule has 0 bridgehead atoms. The van der Waals surface area contributed by atoms with Gasteiger partial charge in [-0.05, 0) is 46.3 Å². The van der Waals surface area contributed by atoms with E-state index in [2.05, 4.69) is 33.0 Å². The smallest absolute Gasteiger partial charge is 0.0992 e. The highest BCUT2D eigenvalue weighted by Gasteiger charge is 2.08. The van der Waals surface area contributed by atoms with E-state index in [1.54, 1.807) is 23.5 Å². The van der Waals surface area contributed by atoms with Crippen LogP contribution in [-0.4, -0.2) is 7.05 Å². The molecule has 0 aliphatic heterocycles. The van der Waals surface area contributed by atoms with Gasteiger partial charge in [0, 0.05) is 11.9 Å². The number of thiophene rings is 1. The monoisotopic (exact) mass is 321 g/mol. The Kier molecular flexibility index (Phi) is 3.90. The Bertz CT molecular complexity index is 601. The fourth-order valence-electron chi connectivity index (χ4n) is 1.73. The van der Waals surface area contributed by atoms with Gasteiger partial charge in [0.1, 0.15) is 0 Å². The predicted octanol–water partition coefficient (Wildman–Crippen LogP) is 3.60. The first-order valence-electron chi connectivity index (χ1n) is 5.35. The first-order chi connectivity index (χ1) is 8.60. The molecular weight excluding hydrogens is 310 g/mol. The van der Waals surface area contributed by atoms with Crippen molar-refractivity contribution in [1.29, 1.82) is 5.26 Å². The lowest BCUT2D eigenvalue weighted by molar-refractivity contribution is 0.942. The van der Waals surface area contributed by atoms with Gasteiger partial charge in [0.05, 0.1) is 33.3 Å². The van der Waals surface area contributed by atoms with Gasteiger partial charge in [0.15, 0.2) is 0 Å². The van der Waals surface area contributed by atoms with Crippen molar-refractivity contribution in [2.75, 3.05) is 17.7 Å². The van der Waals surface area contributed by atoms with Gasteiger partial charge < -0.3 is 10.6 Å². The Hall–Kier alpha value is -1.51. The minimum Gasteiger partial charge on any atom is -0.397 e. The van der Waals surface area contributed by atoms with Crippen LogP contribution in [0.1, 0.15) is 10.4 Å². The molecule has 0 spiro atoms. The van der Waals surface area contributed by atoms with Crippen molar-refractivity contribution < 1.29 is 0 Å². The number of rotatable bonds is 3. The van der Waals surface area contributed by atoms with Crippen molar-refractivity contribution in [2.24, 2.45) is 0 Å². The molecular formula is C13H12BrN3S. The van der Waals surface area contributed by atoms with E-state index in [-0.39, 0.29) is 0 Å². The van der Waals surface area contributed by atoms with Crippen LogP contribution >= 0.6 is 27.3 Å². The lowest BCUT2D eigenvalue weighted by Gasteiger charge is -2.20. The number of anilines is 2. The summed E-state index contributed by atoms with van der Waals surface area (Å²) < 4.78 is 1.12. The quantitative estimate of drug-likeness (QED) is 0.879. The highest BCUT2D eigenvalue weighted by molar-refractivity contribution is 9.11. The maximum Gasteiger partial charge on any atom is 0.0992 e. The van der Waals surface area contributed by atoms with Crippen LogP contribution in [0.15, 0.2) is 34.1 Å². The average Bonchev–Trinajstić information content (AvgIpc) is 2.74. The third-order valence-electron chi connectivity index (χ3n) is 2.59. The van der Waals surface area contributed by atoms with E-state index in [9.17, 15) is 0 Å². The molecule has 2 rings (SSSR count). The molecule has 1 aromatic heterocycles. The number of benzene rings is 1. The van der Waals surface area contributed by atoms with Gasteiger partial charge in [-0.3, -0.25) is 0 Å². The van der Waals surface area contributed by atoms with Crippen LogP contribution in [0, 0.1) is 11.3 Å². The SMILES string of the molecule is CN(Cc1ccc(Br)s1)c1ccc(C#N)cc1N. The lowest BCUT2D eigenvalue weighted by Crippen LogP contribution is -2.17. The normalized spacial score (nSPS) is 10.1. The van der Waals surface area contributed by atoms with Gasteiger partial charge in [-0.2, -0.15) is 5.26 Å². The van der Waals surface area contributed by atoms with Crippen molar-refractivity contribution in [3.05, 3.63) is 44.6 Å². The number of nitriles is 1. The minimum absolute atomic E-state index is 0.587. The lowest BCUT2D eigenvalue weighted by atomic mass is 10.2. The number of nitrogen functional groups attached to an aromatic ring is 1. The van der Waals surface area contributed by atoms with Crippen LogP contribution in [0.2, 0.25) is 0 Å². The maximum absolute atomic E-state index is 8.81. The third kappa shape index (κ3) is 2.84. The molecule has 92 valence electrons. The van der Waals surface area contributed by atoms with E-state index in [0.717, 1.165) is 16.0 Å². The minimum atomic E-state index is 0.587. The van der Waals surface area contributed by atoms with E-state index in [1.807, 2.05) is 19.2 Å². The molecule has 0 unspecified atom stereocenters. The van der Waals surface area contributed by atoms with Gasteiger partial charge in [-0.1, -0.05) is 0 Å². The molecule has 1 aromatic carbocycles. The number of nitrogens with zero attached hydrogens (tertiary/aromatic N) is 2. The molecule has 3 nitrogen and oxygen atoms in total. The third-order valence-corrected chi connectivity index (χ3v) is 4.20. The average molecular weight is 322 g/mol. The van der Waals surface area contributed by atoms with Crippen LogP contribution in [0.4, 0.5) is 11.4 Å². The van der Waals surface area contributed by atoms with Gasteiger partial charge in [-0.15, -0.1) is 11.3 Å². The molecule has 0 saturated heterocycles. The van der Waals surface area contributed by atoms with Gasteiger partial charge in [-0.25, -0.2) is 0 Å². The molecule has 5 heteroatoms. The Labute approximate surface area is 119 Å². The van der Waals surface area contributed by atoms with Crippen LogP contribution in [0.3, 0.4) is 0 Å². The molecule has 0 saturated carbocycles. The summed E-state index contributed by atoms with van der Waals surface area (Å²) in [7, 11) is 1.99. The first-order valence-corrected chi connectivity index (χ1v) is 6.96. The predicted molar refractivity (Wildman–Crippen MR) is 79.7 cm³/mol. The second kappa shape index (κ2) is 5.42.